The number of amides is 2. The molecule has 1 aliphatic heterocycles. The van der Waals surface area contributed by atoms with Gasteiger partial charge in [-0.2, -0.15) is 0 Å². The summed E-state index contributed by atoms with van der Waals surface area (Å²) in [6.07, 6.45) is 5.48. The third-order valence-electron chi connectivity index (χ3n) is 4.96. The number of piperidine rings is 1. The SMILES string of the molecule is C=CCc1cc(C(=O)N2CCCCC2CNC(=O)CCN)cc(OC)c1OC. The molecule has 1 saturated heterocycles. The third-order valence-corrected chi connectivity index (χ3v) is 4.96. The van der Waals surface area contributed by atoms with E-state index in [1.807, 2.05) is 11.0 Å². The lowest BCUT2D eigenvalue weighted by Crippen LogP contribution is -2.49. The summed E-state index contributed by atoms with van der Waals surface area (Å²) >= 11 is 0. The quantitative estimate of drug-likeness (QED) is 0.629. The zero-order valence-electron chi connectivity index (χ0n) is 16.8. The van der Waals surface area contributed by atoms with Crippen molar-refractivity contribution in [2.75, 3.05) is 33.9 Å². The average molecular weight is 389 g/mol. The van der Waals surface area contributed by atoms with Crippen LogP contribution in [0.15, 0.2) is 24.8 Å². The van der Waals surface area contributed by atoms with E-state index in [1.165, 1.54) is 0 Å². The number of ether oxygens (including phenoxy) is 2. The van der Waals surface area contributed by atoms with E-state index in [1.54, 1.807) is 26.4 Å². The van der Waals surface area contributed by atoms with Crippen LogP contribution >= 0.6 is 0 Å². The van der Waals surface area contributed by atoms with Gasteiger partial charge in [0.15, 0.2) is 11.5 Å². The Labute approximate surface area is 166 Å². The number of carbonyl (C=O) groups is 2. The predicted octanol–water partition coefficient (Wildman–Crippen LogP) is 1.89. The number of hydrogen-bond acceptors (Lipinski definition) is 5. The molecule has 0 aromatic heterocycles. The van der Waals surface area contributed by atoms with E-state index in [-0.39, 0.29) is 17.9 Å². The molecule has 3 N–H and O–H groups in total. The Morgan fingerprint density at radius 3 is 2.75 bits per heavy atom. The Hall–Kier alpha value is -2.54. The normalized spacial score (nSPS) is 16.4. The second-order valence-electron chi connectivity index (χ2n) is 6.85. The highest BCUT2D eigenvalue weighted by atomic mass is 16.5. The van der Waals surface area contributed by atoms with Gasteiger partial charge in [-0.3, -0.25) is 9.59 Å². The number of likely N-dealkylation sites (tertiary alicyclic amines) is 1. The number of rotatable bonds is 9. The Balaban J connectivity index is 2.25. The summed E-state index contributed by atoms with van der Waals surface area (Å²) in [6.45, 7) is 5.20. The largest absolute Gasteiger partial charge is 0.493 e. The predicted molar refractivity (Wildman–Crippen MR) is 109 cm³/mol. The maximum Gasteiger partial charge on any atom is 0.254 e. The van der Waals surface area contributed by atoms with Crippen molar-refractivity contribution in [3.8, 4) is 11.5 Å². The second-order valence-corrected chi connectivity index (χ2v) is 6.85. The third kappa shape index (κ3) is 5.25. The van der Waals surface area contributed by atoms with Crippen molar-refractivity contribution in [3.63, 3.8) is 0 Å². The topological polar surface area (TPSA) is 93.9 Å². The van der Waals surface area contributed by atoms with Gasteiger partial charge in [-0.25, -0.2) is 0 Å². The highest BCUT2D eigenvalue weighted by Gasteiger charge is 2.29. The molecule has 1 aliphatic rings. The van der Waals surface area contributed by atoms with Gasteiger partial charge >= 0.3 is 0 Å². The van der Waals surface area contributed by atoms with Crippen LogP contribution in [0.3, 0.4) is 0 Å². The van der Waals surface area contributed by atoms with Gasteiger partial charge in [0.05, 0.1) is 14.2 Å². The summed E-state index contributed by atoms with van der Waals surface area (Å²) in [6, 6.07) is 3.52. The minimum absolute atomic E-state index is 0.0288. The van der Waals surface area contributed by atoms with Gasteiger partial charge in [0.2, 0.25) is 5.91 Å². The summed E-state index contributed by atoms with van der Waals surface area (Å²) in [5.74, 6) is 0.988. The summed E-state index contributed by atoms with van der Waals surface area (Å²) < 4.78 is 10.9. The van der Waals surface area contributed by atoms with E-state index in [0.29, 0.717) is 49.5 Å². The van der Waals surface area contributed by atoms with Crippen molar-refractivity contribution < 1.29 is 19.1 Å². The highest BCUT2D eigenvalue weighted by molar-refractivity contribution is 5.95. The summed E-state index contributed by atoms with van der Waals surface area (Å²) in [7, 11) is 3.14. The molecule has 7 nitrogen and oxygen atoms in total. The van der Waals surface area contributed by atoms with Crippen LogP contribution in [0.5, 0.6) is 11.5 Å². The Kier molecular flexibility index (Phi) is 8.32. The molecule has 1 unspecified atom stereocenters. The monoisotopic (exact) mass is 389 g/mol. The molecule has 1 aromatic rings. The first kappa shape index (κ1) is 21.8. The van der Waals surface area contributed by atoms with E-state index in [0.717, 1.165) is 24.8 Å². The van der Waals surface area contributed by atoms with Gasteiger partial charge in [0, 0.05) is 43.2 Å². The van der Waals surface area contributed by atoms with Gasteiger partial charge in [-0.1, -0.05) is 6.08 Å². The van der Waals surface area contributed by atoms with Crippen LogP contribution in [0.25, 0.3) is 0 Å². The maximum atomic E-state index is 13.3. The molecule has 28 heavy (non-hydrogen) atoms. The molecule has 1 fully saturated rings. The van der Waals surface area contributed by atoms with Crippen LogP contribution in [0.1, 0.15) is 41.6 Å². The smallest absolute Gasteiger partial charge is 0.254 e. The molecule has 0 bridgehead atoms. The Bertz CT molecular complexity index is 705. The van der Waals surface area contributed by atoms with Crippen molar-refractivity contribution >= 4 is 11.8 Å². The molecule has 1 atom stereocenters. The van der Waals surface area contributed by atoms with Gasteiger partial charge in [-0.05, 0) is 37.8 Å². The number of nitrogens with two attached hydrogens (primary N) is 1. The molecule has 1 heterocycles. The zero-order valence-corrected chi connectivity index (χ0v) is 16.8. The number of nitrogens with zero attached hydrogens (tertiary/aromatic N) is 1. The maximum absolute atomic E-state index is 13.3. The molecule has 2 rings (SSSR count). The fourth-order valence-electron chi connectivity index (χ4n) is 3.57. The zero-order chi connectivity index (χ0) is 20.5. The van der Waals surface area contributed by atoms with Crippen molar-refractivity contribution in [3.05, 3.63) is 35.9 Å². The number of nitrogens with one attached hydrogen (secondary N) is 1. The van der Waals surface area contributed by atoms with Crippen molar-refractivity contribution in [1.82, 2.24) is 10.2 Å². The summed E-state index contributed by atoms with van der Waals surface area (Å²) in [5.41, 5.74) is 6.83. The molecule has 154 valence electrons. The second kappa shape index (κ2) is 10.7. The van der Waals surface area contributed by atoms with Crippen LogP contribution < -0.4 is 20.5 Å². The molecule has 0 aliphatic carbocycles. The van der Waals surface area contributed by atoms with Gasteiger partial charge in [0.25, 0.3) is 5.91 Å². The minimum Gasteiger partial charge on any atom is -0.493 e. The lowest BCUT2D eigenvalue weighted by Gasteiger charge is -2.36. The molecule has 1 aromatic carbocycles. The number of benzene rings is 1. The molecular formula is C21H31N3O4. The number of hydrogen-bond donors (Lipinski definition) is 2. The lowest BCUT2D eigenvalue weighted by molar-refractivity contribution is -0.121. The van der Waals surface area contributed by atoms with Gasteiger partial charge in [0.1, 0.15) is 0 Å². The van der Waals surface area contributed by atoms with E-state index >= 15 is 0 Å². The molecule has 2 amide bonds. The molecular weight excluding hydrogens is 358 g/mol. The van der Waals surface area contributed by atoms with Crippen molar-refractivity contribution in [2.24, 2.45) is 5.73 Å². The van der Waals surface area contributed by atoms with Crippen LogP contribution in [0, 0.1) is 0 Å². The van der Waals surface area contributed by atoms with Gasteiger partial charge < -0.3 is 25.4 Å². The van der Waals surface area contributed by atoms with Crippen molar-refractivity contribution in [1.29, 1.82) is 0 Å². The standard InChI is InChI=1S/C21H31N3O4/c1-4-7-15-12-16(13-18(27-2)20(15)28-3)21(26)24-11-6-5-8-17(24)14-23-19(25)9-10-22/h4,12-13,17H,1,5-11,14,22H2,2-3H3,(H,23,25). The van der Waals surface area contributed by atoms with Gasteiger partial charge in [-0.15, -0.1) is 6.58 Å². The Morgan fingerprint density at radius 1 is 1.32 bits per heavy atom. The average Bonchev–Trinajstić information content (AvgIpc) is 2.71. The number of carbonyl (C=O) groups excluding carboxylic acids is 2. The van der Waals surface area contributed by atoms with Crippen LogP contribution in [-0.4, -0.2) is 56.6 Å². The summed E-state index contributed by atoms with van der Waals surface area (Å²) in [5, 5.41) is 2.89. The summed E-state index contributed by atoms with van der Waals surface area (Å²) in [4.78, 5) is 26.9. The number of methoxy groups -OCH3 is 2. The van der Waals surface area contributed by atoms with Crippen molar-refractivity contribution in [2.45, 2.75) is 38.1 Å². The van der Waals surface area contributed by atoms with E-state index in [2.05, 4.69) is 11.9 Å². The first-order valence-electron chi connectivity index (χ1n) is 9.69. The molecule has 0 spiro atoms. The van der Waals surface area contributed by atoms with E-state index in [9.17, 15) is 9.59 Å². The van der Waals surface area contributed by atoms with Crippen LogP contribution in [0.2, 0.25) is 0 Å². The first-order valence-corrected chi connectivity index (χ1v) is 9.69. The molecule has 7 heteroatoms. The van der Waals surface area contributed by atoms with E-state index in [4.69, 9.17) is 15.2 Å². The van der Waals surface area contributed by atoms with E-state index < -0.39 is 0 Å². The minimum atomic E-state index is -0.0835. The fourth-order valence-corrected chi connectivity index (χ4v) is 3.57. The lowest BCUT2D eigenvalue weighted by atomic mass is 9.99. The van der Waals surface area contributed by atoms with Crippen LogP contribution in [-0.2, 0) is 11.2 Å². The molecule has 0 radical (unpaired) electrons. The molecule has 0 saturated carbocycles. The fraction of sp³-hybridized carbons (Fsp3) is 0.524. The van der Waals surface area contributed by atoms with Crippen LogP contribution in [0.4, 0.5) is 0 Å². The highest BCUT2D eigenvalue weighted by Crippen LogP contribution is 2.34. The Morgan fingerprint density at radius 2 is 2.11 bits per heavy atom. The first-order chi connectivity index (χ1) is 13.5. The number of allylic oxidation sites excluding steroid dienone is 1.